The highest BCUT2D eigenvalue weighted by Gasteiger charge is 2.21. The molecule has 0 heterocycles. The van der Waals surface area contributed by atoms with Crippen molar-refractivity contribution in [3.8, 4) is 0 Å². The molecule has 140 valence electrons. The maximum absolute atomic E-state index is 12.7. The van der Waals surface area contributed by atoms with Crippen LogP contribution >= 0.6 is 11.6 Å². The lowest BCUT2D eigenvalue weighted by atomic mass is 10.2. The summed E-state index contributed by atoms with van der Waals surface area (Å²) in [5.74, 6) is -0.157. The lowest BCUT2D eigenvalue weighted by Gasteiger charge is -2.19. The number of carbonyl (C=O) groups is 1. The third kappa shape index (κ3) is 4.99. The number of anilines is 1. The predicted molar refractivity (Wildman–Crippen MR) is 105 cm³/mol. The Hall–Kier alpha value is -2.05. The van der Waals surface area contributed by atoms with Crippen LogP contribution in [-0.2, 0) is 10.0 Å². The highest BCUT2D eigenvalue weighted by Crippen LogP contribution is 2.23. The summed E-state index contributed by atoms with van der Waals surface area (Å²) in [6.45, 7) is 2.74. The number of hydrogen-bond donors (Lipinski definition) is 1. The van der Waals surface area contributed by atoms with Gasteiger partial charge in [0.25, 0.3) is 15.9 Å². The zero-order valence-electron chi connectivity index (χ0n) is 14.9. The average molecular weight is 395 g/mol. The van der Waals surface area contributed by atoms with Gasteiger partial charge in [-0.25, -0.2) is 8.42 Å². The van der Waals surface area contributed by atoms with Gasteiger partial charge in [-0.1, -0.05) is 31.4 Å². The molecule has 0 aliphatic rings. The van der Waals surface area contributed by atoms with Gasteiger partial charge in [0, 0.05) is 24.2 Å². The number of halogens is 1. The third-order valence-electron chi connectivity index (χ3n) is 4.03. The average Bonchev–Trinajstić information content (AvgIpc) is 2.65. The molecule has 5 nitrogen and oxygen atoms in total. The Kier molecular flexibility index (Phi) is 7.06. The zero-order chi connectivity index (χ0) is 19.2. The van der Waals surface area contributed by atoms with Gasteiger partial charge in [0.2, 0.25) is 0 Å². The number of rotatable bonds is 8. The van der Waals surface area contributed by atoms with E-state index in [1.54, 1.807) is 24.3 Å². The van der Waals surface area contributed by atoms with Gasteiger partial charge < -0.3 is 5.32 Å². The molecule has 0 aromatic heterocycles. The molecule has 7 heteroatoms. The highest BCUT2D eigenvalue weighted by molar-refractivity contribution is 7.92. The summed E-state index contributed by atoms with van der Waals surface area (Å²) in [5.41, 5.74) is 0.977. The predicted octanol–water partition coefficient (Wildman–Crippen LogP) is 4.09. The Balaban J connectivity index is 2.09. The number of carbonyl (C=O) groups excluding carboxylic acids is 1. The van der Waals surface area contributed by atoms with Crippen LogP contribution in [0.2, 0.25) is 5.02 Å². The first kappa shape index (κ1) is 20.3. The summed E-state index contributed by atoms with van der Waals surface area (Å²) in [6.07, 6.45) is 3.12. The number of unbranched alkanes of at least 4 members (excludes halogenated alkanes) is 2. The summed E-state index contributed by atoms with van der Waals surface area (Å²) in [6, 6.07) is 12.5. The summed E-state index contributed by atoms with van der Waals surface area (Å²) in [7, 11) is -2.21. The van der Waals surface area contributed by atoms with Crippen molar-refractivity contribution in [3.05, 3.63) is 59.1 Å². The van der Waals surface area contributed by atoms with Gasteiger partial charge in [-0.2, -0.15) is 0 Å². The van der Waals surface area contributed by atoms with Gasteiger partial charge in [-0.05, 0) is 55.0 Å². The Morgan fingerprint density at radius 3 is 2.23 bits per heavy atom. The fourth-order valence-electron chi connectivity index (χ4n) is 2.41. The normalized spacial score (nSPS) is 11.2. The number of hydrogen-bond acceptors (Lipinski definition) is 3. The monoisotopic (exact) mass is 394 g/mol. The van der Waals surface area contributed by atoms with E-state index in [9.17, 15) is 13.2 Å². The van der Waals surface area contributed by atoms with Gasteiger partial charge in [-0.3, -0.25) is 9.10 Å². The van der Waals surface area contributed by atoms with Crippen LogP contribution in [-0.4, -0.2) is 27.9 Å². The molecule has 0 aliphatic carbocycles. The van der Waals surface area contributed by atoms with E-state index in [0.29, 0.717) is 22.8 Å². The topological polar surface area (TPSA) is 66.5 Å². The molecule has 0 aliphatic heterocycles. The minimum Gasteiger partial charge on any atom is -0.352 e. The fraction of sp³-hybridized carbons (Fsp3) is 0.316. The molecule has 0 saturated carbocycles. The summed E-state index contributed by atoms with van der Waals surface area (Å²) in [4.78, 5) is 12.2. The molecule has 0 atom stereocenters. The number of sulfonamides is 1. The maximum Gasteiger partial charge on any atom is 0.264 e. The Labute approximate surface area is 160 Å². The first-order chi connectivity index (χ1) is 12.4. The van der Waals surface area contributed by atoms with Crippen molar-refractivity contribution in [2.45, 2.75) is 31.1 Å². The molecule has 0 fully saturated rings. The molecule has 0 radical (unpaired) electrons. The molecule has 0 bridgehead atoms. The number of benzene rings is 2. The summed E-state index contributed by atoms with van der Waals surface area (Å²) >= 11 is 5.81. The van der Waals surface area contributed by atoms with Crippen LogP contribution in [0.4, 0.5) is 5.69 Å². The van der Waals surface area contributed by atoms with Gasteiger partial charge >= 0.3 is 0 Å². The molecule has 1 N–H and O–H groups in total. The second-order valence-corrected chi connectivity index (χ2v) is 8.34. The van der Waals surface area contributed by atoms with E-state index in [0.717, 1.165) is 19.3 Å². The molecular formula is C19H23ClN2O3S. The van der Waals surface area contributed by atoms with E-state index in [1.165, 1.54) is 35.6 Å². The standard InChI is InChI=1S/C19H23ClN2O3S/c1-3-4-5-14-21-19(23)15-6-10-17(11-7-15)22(2)26(24,25)18-12-8-16(20)9-13-18/h6-13H,3-5,14H2,1-2H3,(H,21,23). The molecular weight excluding hydrogens is 372 g/mol. The summed E-state index contributed by atoms with van der Waals surface area (Å²) in [5, 5.41) is 3.33. The SMILES string of the molecule is CCCCCNC(=O)c1ccc(N(C)S(=O)(=O)c2ccc(Cl)cc2)cc1. The zero-order valence-corrected chi connectivity index (χ0v) is 16.5. The minimum absolute atomic E-state index is 0.155. The molecule has 0 saturated heterocycles. The highest BCUT2D eigenvalue weighted by atomic mass is 35.5. The van der Waals surface area contributed by atoms with E-state index in [-0.39, 0.29) is 10.8 Å². The van der Waals surface area contributed by atoms with E-state index in [2.05, 4.69) is 12.2 Å². The molecule has 2 aromatic rings. The quantitative estimate of drug-likeness (QED) is 0.686. The molecule has 26 heavy (non-hydrogen) atoms. The van der Waals surface area contributed by atoms with Crippen molar-refractivity contribution in [2.75, 3.05) is 17.9 Å². The van der Waals surface area contributed by atoms with Crippen LogP contribution in [0.5, 0.6) is 0 Å². The molecule has 0 unspecified atom stereocenters. The Morgan fingerprint density at radius 1 is 1.04 bits per heavy atom. The van der Waals surface area contributed by atoms with Gasteiger partial charge in [0.05, 0.1) is 10.6 Å². The third-order valence-corrected chi connectivity index (χ3v) is 6.08. The van der Waals surface area contributed by atoms with Crippen LogP contribution < -0.4 is 9.62 Å². The molecule has 2 aromatic carbocycles. The number of nitrogens with one attached hydrogen (secondary N) is 1. The van der Waals surface area contributed by atoms with E-state index >= 15 is 0 Å². The van der Waals surface area contributed by atoms with E-state index < -0.39 is 10.0 Å². The fourth-order valence-corrected chi connectivity index (χ4v) is 3.73. The van der Waals surface area contributed by atoms with Crippen LogP contribution in [0.15, 0.2) is 53.4 Å². The van der Waals surface area contributed by atoms with Crippen molar-refractivity contribution in [1.82, 2.24) is 5.32 Å². The molecule has 1 amide bonds. The van der Waals surface area contributed by atoms with Crippen molar-refractivity contribution < 1.29 is 13.2 Å². The molecule has 0 spiro atoms. The number of nitrogens with zero attached hydrogens (tertiary/aromatic N) is 1. The molecule has 2 rings (SSSR count). The van der Waals surface area contributed by atoms with E-state index in [1.807, 2.05) is 0 Å². The smallest absolute Gasteiger partial charge is 0.264 e. The van der Waals surface area contributed by atoms with Crippen molar-refractivity contribution in [3.63, 3.8) is 0 Å². The van der Waals surface area contributed by atoms with Gasteiger partial charge in [-0.15, -0.1) is 0 Å². The van der Waals surface area contributed by atoms with Crippen LogP contribution in [0.3, 0.4) is 0 Å². The summed E-state index contributed by atoms with van der Waals surface area (Å²) < 4.78 is 26.5. The Bertz CT molecular complexity index is 834. The number of amides is 1. The maximum atomic E-state index is 12.7. The first-order valence-electron chi connectivity index (χ1n) is 8.49. The van der Waals surface area contributed by atoms with Crippen LogP contribution in [0.1, 0.15) is 36.5 Å². The van der Waals surface area contributed by atoms with Crippen LogP contribution in [0.25, 0.3) is 0 Å². The Morgan fingerprint density at radius 2 is 1.65 bits per heavy atom. The lowest BCUT2D eigenvalue weighted by Crippen LogP contribution is -2.27. The lowest BCUT2D eigenvalue weighted by molar-refractivity contribution is 0.0953. The van der Waals surface area contributed by atoms with Crippen molar-refractivity contribution >= 4 is 33.2 Å². The minimum atomic E-state index is -3.69. The van der Waals surface area contributed by atoms with Crippen molar-refractivity contribution in [2.24, 2.45) is 0 Å². The second-order valence-electron chi connectivity index (χ2n) is 5.94. The first-order valence-corrected chi connectivity index (χ1v) is 10.3. The largest absolute Gasteiger partial charge is 0.352 e. The second kappa shape index (κ2) is 9.05. The van der Waals surface area contributed by atoms with Gasteiger partial charge in [0.1, 0.15) is 0 Å². The van der Waals surface area contributed by atoms with Crippen LogP contribution in [0, 0.1) is 0 Å². The van der Waals surface area contributed by atoms with Crippen molar-refractivity contribution in [1.29, 1.82) is 0 Å². The van der Waals surface area contributed by atoms with E-state index in [4.69, 9.17) is 11.6 Å². The van der Waals surface area contributed by atoms with Gasteiger partial charge in [0.15, 0.2) is 0 Å².